The van der Waals surface area contributed by atoms with Crippen LogP contribution in [0.5, 0.6) is 0 Å². The Balaban J connectivity index is 1.70. The van der Waals surface area contributed by atoms with Gasteiger partial charge in [-0.1, -0.05) is 0 Å². The molecule has 0 aliphatic heterocycles. The first-order chi connectivity index (χ1) is 11.9. The minimum Gasteiger partial charge on any atom is -0.481 e. The summed E-state index contributed by atoms with van der Waals surface area (Å²) < 4.78 is 1.70. The maximum Gasteiger partial charge on any atom is 0.306 e. The first kappa shape index (κ1) is 17.4. The van der Waals surface area contributed by atoms with Crippen molar-refractivity contribution in [3.05, 3.63) is 23.0 Å². The lowest BCUT2D eigenvalue weighted by Crippen LogP contribution is -2.32. The number of rotatable bonds is 4. The second-order valence-electron chi connectivity index (χ2n) is 6.98. The first-order valence-corrected chi connectivity index (χ1v) is 8.68. The number of carboxylic acids is 1. The highest BCUT2D eigenvalue weighted by atomic mass is 16.4. The number of carbonyl (C=O) groups is 2. The van der Waals surface area contributed by atoms with Crippen molar-refractivity contribution in [1.82, 2.24) is 20.1 Å². The van der Waals surface area contributed by atoms with Crippen LogP contribution < -0.4 is 5.32 Å². The Bertz CT molecular complexity index is 819. The third-order valence-electron chi connectivity index (χ3n) is 5.09. The Morgan fingerprint density at radius 2 is 1.96 bits per heavy atom. The largest absolute Gasteiger partial charge is 0.481 e. The highest BCUT2D eigenvalue weighted by Gasteiger charge is 2.26. The molecule has 1 aliphatic carbocycles. The van der Waals surface area contributed by atoms with E-state index in [9.17, 15) is 9.59 Å². The maximum atomic E-state index is 12.7. The fraction of sp³-hybridized carbons (Fsp3) is 0.556. The fourth-order valence-electron chi connectivity index (χ4n) is 3.69. The number of aliphatic carboxylic acids is 1. The van der Waals surface area contributed by atoms with Crippen LogP contribution in [0.4, 0.5) is 0 Å². The van der Waals surface area contributed by atoms with Crippen LogP contribution in [-0.2, 0) is 11.8 Å². The number of hydrogen-bond donors (Lipinski definition) is 2. The molecular formula is C18H24N4O3. The summed E-state index contributed by atoms with van der Waals surface area (Å²) in [6.45, 7) is 4.32. The quantitative estimate of drug-likeness (QED) is 0.886. The third-order valence-corrected chi connectivity index (χ3v) is 5.09. The number of fused-ring (bicyclic) bond motifs is 1. The Morgan fingerprint density at radius 1 is 1.28 bits per heavy atom. The molecule has 1 fully saturated rings. The van der Waals surface area contributed by atoms with Crippen molar-refractivity contribution >= 4 is 22.9 Å². The Kier molecular flexibility index (Phi) is 4.74. The summed E-state index contributed by atoms with van der Waals surface area (Å²) in [5.41, 5.74) is 2.89. The fourth-order valence-corrected chi connectivity index (χ4v) is 3.69. The number of amides is 1. The van der Waals surface area contributed by atoms with E-state index in [1.54, 1.807) is 10.7 Å². The second-order valence-corrected chi connectivity index (χ2v) is 6.98. The van der Waals surface area contributed by atoms with E-state index >= 15 is 0 Å². The zero-order chi connectivity index (χ0) is 18.1. The summed E-state index contributed by atoms with van der Waals surface area (Å²) >= 11 is 0. The number of aromatic nitrogens is 3. The van der Waals surface area contributed by atoms with Gasteiger partial charge in [0.25, 0.3) is 5.91 Å². The molecule has 2 aromatic rings. The van der Waals surface area contributed by atoms with Gasteiger partial charge in [-0.2, -0.15) is 5.10 Å². The van der Waals surface area contributed by atoms with Crippen LogP contribution in [-0.4, -0.2) is 38.3 Å². The van der Waals surface area contributed by atoms with Gasteiger partial charge < -0.3 is 10.4 Å². The average molecular weight is 344 g/mol. The van der Waals surface area contributed by atoms with Gasteiger partial charge in [-0.3, -0.25) is 14.3 Å². The molecule has 0 radical (unpaired) electrons. The molecule has 7 nitrogen and oxygen atoms in total. The van der Waals surface area contributed by atoms with Gasteiger partial charge in [-0.15, -0.1) is 0 Å². The minimum atomic E-state index is -0.704. The number of pyridine rings is 1. The Morgan fingerprint density at radius 3 is 2.60 bits per heavy atom. The molecule has 0 saturated heterocycles. The molecule has 0 unspecified atom stereocenters. The van der Waals surface area contributed by atoms with Crippen molar-refractivity contribution in [1.29, 1.82) is 0 Å². The lowest BCUT2D eigenvalue weighted by Gasteiger charge is -2.26. The average Bonchev–Trinajstić information content (AvgIpc) is 2.86. The molecule has 1 amide bonds. The minimum absolute atomic E-state index is 0.119. The van der Waals surface area contributed by atoms with Gasteiger partial charge in [-0.05, 0) is 51.5 Å². The smallest absolute Gasteiger partial charge is 0.306 e. The van der Waals surface area contributed by atoms with Crippen LogP contribution in [0.3, 0.4) is 0 Å². The van der Waals surface area contributed by atoms with E-state index in [2.05, 4.69) is 15.4 Å². The van der Waals surface area contributed by atoms with E-state index in [1.165, 1.54) is 0 Å². The van der Waals surface area contributed by atoms with Crippen LogP contribution in [0.1, 0.15) is 47.4 Å². The Hall–Kier alpha value is -2.44. The molecule has 1 aliphatic rings. The van der Waals surface area contributed by atoms with Crippen molar-refractivity contribution in [3.63, 3.8) is 0 Å². The van der Waals surface area contributed by atoms with Crippen molar-refractivity contribution in [2.75, 3.05) is 6.54 Å². The highest BCUT2D eigenvalue weighted by molar-refractivity contribution is 6.06. The standard InChI is InChI=1S/C18H24N4O3/c1-10-8-14(15-11(2)21-22(3)16(15)20-10)17(23)19-9-12-4-6-13(7-5-12)18(24)25/h8,12-13H,4-7,9H2,1-3H3,(H,19,23)(H,24,25). The van der Waals surface area contributed by atoms with Crippen LogP contribution in [0.15, 0.2) is 6.07 Å². The molecule has 2 N–H and O–H groups in total. The number of carbonyl (C=O) groups excluding carboxylic acids is 1. The van der Waals surface area contributed by atoms with E-state index in [1.807, 2.05) is 20.9 Å². The van der Waals surface area contributed by atoms with Crippen molar-refractivity contribution < 1.29 is 14.7 Å². The van der Waals surface area contributed by atoms with E-state index in [0.717, 1.165) is 29.6 Å². The van der Waals surface area contributed by atoms with Crippen molar-refractivity contribution in [2.45, 2.75) is 39.5 Å². The van der Waals surface area contributed by atoms with Crippen molar-refractivity contribution in [2.24, 2.45) is 18.9 Å². The normalized spacial score (nSPS) is 20.6. The third kappa shape index (κ3) is 3.50. The Labute approximate surface area is 146 Å². The second kappa shape index (κ2) is 6.82. The number of nitrogens with zero attached hydrogens (tertiary/aromatic N) is 3. The molecule has 25 heavy (non-hydrogen) atoms. The lowest BCUT2D eigenvalue weighted by molar-refractivity contribution is -0.143. The highest BCUT2D eigenvalue weighted by Crippen LogP contribution is 2.28. The molecule has 1 saturated carbocycles. The van der Waals surface area contributed by atoms with Gasteiger partial charge in [0, 0.05) is 19.3 Å². The van der Waals surface area contributed by atoms with Gasteiger partial charge >= 0.3 is 5.97 Å². The molecule has 0 bridgehead atoms. The monoisotopic (exact) mass is 344 g/mol. The summed E-state index contributed by atoms with van der Waals surface area (Å²) in [4.78, 5) is 28.2. The van der Waals surface area contributed by atoms with Crippen LogP contribution in [0.2, 0.25) is 0 Å². The van der Waals surface area contributed by atoms with Crippen LogP contribution in [0.25, 0.3) is 11.0 Å². The van der Waals surface area contributed by atoms with Crippen LogP contribution in [0, 0.1) is 25.7 Å². The summed E-state index contributed by atoms with van der Waals surface area (Å²) in [5.74, 6) is -0.711. The molecule has 134 valence electrons. The van der Waals surface area contributed by atoms with Crippen molar-refractivity contribution in [3.8, 4) is 0 Å². The van der Waals surface area contributed by atoms with E-state index < -0.39 is 5.97 Å². The molecule has 0 atom stereocenters. The number of carboxylic acid groups (broad SMARTS) is 1. The molecular weight excluding hydrogens is 320 g/mol. The SMILES string of the molecule is Cc1cc(C(=O)NCC2CCC(C(=O)O)CC2)c2c(C)nn(C)c2n1. The first-order valence-electron chi connectivity index (χ1n) is 8.68. The van der Waals surface area contributed by atoms with Gasteiger partial charge in [-0.25, -0.2) is 4.98 Å². The van der Waals surface area contributed by atoms with E-state index in [-0.39, 0.29) is 11.8 Å². The predicted molar refractivity (Wildman–Crippen MR) is 93.4 cm³/mol. The number of aryl methyl sites for hydroxylation is 3. The predicted octanol–water partition coefficient (Wildman–Crippen LogP) is 2.21. The van der Waals surface area contributed by atoms with Gasteiger partial charge in [0.15, 0.2) is 5.65 Å². The molecule has 2 aromatic heterocycles. The number of nitrogens with one attached hydrogen (secondary N) is 1. The topological polar surface area (TPSA) is 97.1 Å². The zero-order valence-electron chi connectivity index (χ0n) is 14.9. The molecule has 2 heterocycles. The van der Waals surface area contributed by atoms with E-state index in [4.69, 9.17) is 5.11 Å². The maximum absolute atomic E-state index is 12.7. The van der Waals surface area contributed by atoms with Gasteiger partial charge in [0.2, 0.25) is 0 Å². The molecule has 3 rings (SSSR count). The van der Waals surface area contributed by atoms with Gasteiger partial charge in [0.1, 0.15) is 0 Å². The summed E-state index contributed by atoms with van der Waals surface area (Å²) in [5, 5.41) is 17.2. The zero-order valence-corrected chi connectivity index (χ0v) is 14.9. The molecule has 7 heteroatoms. The summed E-state index contributed by atoms with van der Waals surface area (Å²) in [6.07, 6.45) is 3.06. The molecule has 0 spiro atoms. The molecule has 0 aromatic carbocycles. The number of hydrogen-bond acceptors (Lipinski definition) is 4. The summed E-state index contributed by atoms with van der Waals surface area (Å²) in [7, 11) is 1.82. The lowest BCUT2D eigenvalue weighted by atomic mass is 9.82. The van der Waals surface area contributed by atoms with Crippen LogP contribution >= 0.6 is 0 Å². The van der Waals surface area contributed by atoms with E-state index in [0.29, 0.717) is 36.5 Å². The van der Waals surface area contributed by atoms with Gasteiger partial charge in [0.05, 0.1) is 22.6 Å². The summed E-state index contributed by atoms with van der Waals surface area (Å²) in [6, 6.07) is 1.80.